The number of nitrogens with zero attached hydrogens (tertiary/aromatic N) is 1. The number of amides is 1. The highest BCUT2D eigenvalue weighted by molar-refractivity contribution is 7.92. The van der Waals surface area contributed by atoms with Crippen LogP contribution in [0.3, 0.4) is 0 Å². The molecule has 0 spiro atoms. The number of nitrogens with one attached hydrogen (secondary N) is 1. The van der Waals surface area contributed by atoms with E-state index in [4.69, 9.17) is 0 Å². The molecule has 1 aromatic rings. The number of benzene rings is 1. The first-order valence-corrected chi connectivity index (χ1v) is 12.6. The fourth-order valence-corrected chi connectivity index (χ4v) is 9.32. The number of carbonyl (C=O) groups is 1. The number of sulfonamides is 1. The van der Waals surface area contributed by atoms with Crippen molar-refractivity contribution in [2.75, 3.05) is 23.1 Å². The molecule has 1 N–H and O–H groups in total. The van der Waals surface area contributed by atoms with Crippen molar-refractivity contribution in [1.29, 1.82) is 0 Å². The number of carbonyl (C=O) groups excluding carboxylic acids is 1. The maximum atomic E-state index is 13.3. The molecule has 29 heavy (non-hydrogen) atoms. The van der Waals surface area contributed by atoms with Crippen LogP contribution in [0, 0.1) is 22.2 Å². The Kier molecular flexibility index (Phi) is 4.16. The van der Waals surface area contributed by atoms with Crippen LogP contribution in [0.1, 0.15) is 57.9 Å². The molecule has 5 aliphatic rings. The molecule has 2 atom stereocenters. The lowest BCUT2D eigenvalue weighted by molar-refractivity contribution is -0.170. The molecule has 4 bridgehead atoms. The Labute approximate surface area is 174 Å². The number of hydrogen-bond acceptors (Lipinski definition) is 3. The van der Waals surface area contributed by atoms with E-state index in [1.54, 1.807) is 0 Å². The van der Waals surface area contributed by atoms with Gasteiger partial charge in [0.2, 0.25) is 15.9 Å². The Balaban J connectivity index is 1.25. The molecule has 1 heterocycles. The molecule has 1 aromatic carbocycles. The monoisotopic (exact) mass is 416 g/mol. The van der Waals surface area contributed by atoms with Gasteiger partial charge in [0.25, 0.3) is 0 Å². The minimum Gasteiger partial charge on any atom is -0.355 e. The molecule has 158 valence electrons. The lowest BCUT2D eigenvalue weighted by Gasteiger charge is -2.64. The summed E-state index contributed by atoms with van der Waals surface area (Å²) in [5.41, 5.74) is 2.14. The highest BCUT2D eigenvalue weighted by Gasteiger charge is 2.62. The average Bonchev–Trinajstić information content (AvgIpc) is 3.03. The fourth-order valence-electron chi connectivity index (χ4n) is 7.89. The Bertz CT molecular complexity index is 939. The van der Waals surface area contributed by atoms with Gasteiger partial charge in [-0.25, -0.2) is 8.42 Å². The number of rotatable bonds is 5. The quantitative estimate of drug-likeness (QED) is 0.799. The molecule has 2 unspecified atom stereocenters. The van der Waals surface area contributed by atoms with Gasteiger partial charge < -0.3 is 5.32 Å². The van der Waals surface area contributed by atoms with Crippen LogP contribution >= 0.6 is 0 Å². The van der Waals surface area contributed by atoms with Gasteiger partial charge in [0, 0.05) is 13.1 Å². The topological polar surface area (TPSA) is 66.5 Å². The molecule has 4 aliphatic carbocycles. The first kappa shape index (κ1) is 19.4. The van der Waals surface area contributed by atoms with Crippen LogP contribution in [0.4, 0.5) is 5.69 Å². The van der Waals surface area contributed by atoms with E-state index in [1.807, 2.05) is 24.3 Å². The normalized spacial score (nSPS) is 37.6. The van der Waals surface area contributed by atoms with Crippen molar-refractivity contribution < 1.29 is 13.2 Å². The van der Waals surface area contributed by atoms with E-state index < -0.39 is 10.0 Å². The van der Waals surface area contributed by atoms with Gasteiger partial charge in [-0.2, -0.15) is 0 Å². The highest BCUT2D eigenvalue weighted by Crippen LogP contribution is 2.69. The van der Waals surface area contributed by atoms with Crippen LogP contribution in [0.5, 0.6) is 0 Å². The Morgan fingerprint density at radius 2 is 1.79 bits per heavy atom. The van der Waals surface area contributed by atoms with Gasteiger partial charge in [-0.15, -0.1) is 0 Å². The van der Waals surface area contributed by atoms with E-state index >= 15 is 0 Å². The van der Waals surface area contributed by atoms with Crippen molar-refractivity contribution in [3.05, 3.63) is 29.8 Å². The summed E-state index contributed by atoms with van der Waals surface area (Å²) in [5.74, 6) is 0.703. The molecule has 0 saturated heterocycles. The van der Waals surface area contributed by atoms with Crippen molar-refractivity contribution in [3.8, 4) is 0 Å². The van der Waals surface area contributed by atoms with Crippen LogP contribution < -0.4 is 9.62 Å². The lowest BCUT2D eigenvalue weighted by atomic mass is 9.40. The Morgan fingerprint density at radius 1 is 1.10 bits per heavy atom. The summed E-state index contributed by atoms with van der Waals surface area (Å²) in [6.07, 6.45) is 7.39. The minimum absolute atomic E-state index is 0.0406. The van der Waals surface area contributed by atoms with Gasteiger partial charge in [0.05, 0.1) is 16.9 Å². The van der Waals surface area contributed by atoms with Crippen LogP contribution in [0.2, 0.25) is 0 Å². The summed E-state index contributed by atoms with van der Waals surface area (Å²) >= 11 is 0. The molecule has 6 rings (SSSR count). The van der Waals surface area contributed by atoms with Crippen LogP contribution in [-0.4, -0.2) is 33.2 Å². The van der Waals surface area contributed by atoms with Crippen LogP contribution in [0.25, 0.3) is 0 Å². The predicted molar refractivity (Wildman–Crippen MR) is 114 cm³/mol. The second-order valence-corrected chi connectivity index (χ2v) is 12.9. The first-order valence-electron chi connectivity index (χ1n) is 11.0. The summed E-state index contributed by atoms with van der Waals surface area (Å²) in [6.45, 7) is 5.40. The van der Waals surface area contributed by atoms with E-state index in [0.717, 1.165) is 36.9 Å². The third kappa shape index (κ3) is 3.18. The molecule has 0 radical (unpaired) electrons. The Hall–Kier alpha value is -1.56. The van der Waals surface area contributed by atoms with Gasteiger partial charge in [-0.05, 0) is 73.3 Å². The summed E-state index contributed by atoms with van der Waals surface area (Å²) in [4.78, 5) is 13.3. The first-order chi connectivity index (χ1) is 13.6. The average molecular weight is 417 g/mol. The van der Waals surface area contributed by atoms with E-state index in [0.29, 0.717) is 12.5 Å². The fraction of sp³-hybridized carbons (Fsp3) is 0.696. The van der Waals surface area contributed by atoms with Crippen molar-refractivity contribution in [3.63, 3.8) is 0 Å². The molecule has 4 saturated carbocycles. The molecular weight excluding hydrogens is 384 g/mol. The summed E-state index contributed by atoms with van der Waals surface area (Å²) in [7, 11) is -3.43. The number of anilines is 1. The standard InChI is InChI=1S/C23H32N2O3S/c1-21-11-17-12-22(2,14-21)16-23(13-17,15-21)20(26)24-8-10-29(27,28)25-9-7-18-5-3-4-6-19(18)25/h3-6,17H,7-16H2,1-2H3,(H,24,26). The van der Waals surface area contributed by atoms with Crippen molar-refractivity contribution in [2.45, 2.75) is 58.8 Å². The minimum atomic E-state index is -3.43. The zero-order chi connectivity index (χ0) is 20.5. The van der Waals surface area contributed by atoms with E-state index in [-0.39, 0.29) is 34.4 Å². The molecule has 4 fully saturated rings. The zero-order valence-corrected chi connectivity index (χ0v) is 18.4. The third-order valence-corrected chi connectivity index (χ3v) is 9.70. The van der Waals surface area contributed by atoms with Crippen LogP contribution in [-0.2, 0) is 21.2 Å². The van der Waals surface area contributed by atoms with E-state index in [2.05, 4.69) is 19.2 Å². The molecule has 6 heteroatoms. The van der Waals surface area contributed by atoms with Crippen molar-refractivity contribution in [1.82, 2.24) is 5.32 Å². The summed E-state index contributed by atoms with van der Waals surface area (Å²) < 4.78 is 27.3. The maximum Gasteiger partial charge on any atom is 0.236 e. The van der Waals surface area contributed by atoms with E-state index in [1.165, 1.54) is 23.6 Å². The number of hydrogen-bond donors (Lipinski definition) is 1. The second-order valence-electron chi connectivity index (χ2n) is 10.9. The van der Waals surface area contributed by atoms with Gasteiger partial charge in [-0.1, -0.05) is 32.0 Å². The lowest BCUT2D eigenvalue weighted by Crippen LogP contribution is -2.60. The number of fused-ring (bicyclic) bond motifs is 1. The maximum absolute atomic E-state index is 13.3. The number of para-hydroxylation sites is 1. The Morgan fingerprint density at radius 3 is 2.48 bits per heavy atom. The summed E-state index contributed by atoms with van der Waals surface area (Å²) in [5, 5.41) is 3.03. The van der Waals surface area contributed by atoms with E-state index in [9.17, 15) is 13.2 Å². The third-order valence-electron chi connectivity index (χ3n) is 7.93. The smallest absolute Gasteiger partial charge is 0.236 e. The largest absolute Gasteiger partial charge is 0.355 e. The predicted octanol–water partition coefficient (Wildman–Crippen LogP) is 3.49. The summed E-state index contributed by atoms with van der Waals surface area (Å²) in [6, 6.07) is 7.68. The van der Waals surface area contributed by atoms with Gasteiger partial charge in [0.15, 0.2) is 0 Å². The highest BCUT2D eigenvalue weighted by atomic mass is 32.2. The van der Waals surface area contributed by atoms with Crippen LogP contribution in [0.15, 0.2) is 24.3 Å². The molecule has 0 aromatic heterocycles. The molecular formula is C23H32N2O3S. The molecule has 1 amide bonds. The van der Waals surface area contributed by atoms with Gasteiger partial charge >= 0.3 is 0 Å². The van der Waals surface area contributed by atoms with Crippen molar-refractivity contribution >= 4 is 21.6 Å². The SMILES string of the molecule is CC12CC3CC(C)(C1)CC(C(=O)NCCS(=O)(=O)N1CCc4ccccc41)(C3)C2. The van der Waals surface area contributed by atoms with Gasteiger partial charge in [-0.3, -0.25) is 9.10 Å². The molecule has 1 aliphatic heterocycles. The van der Waals surface area contributed by atoms with Crippen molar-refractivity contribution in [2.24, 2.45) is 22.2 Å². The molecule has 5 nitrogen and oxygen atoms in total. The zero-order valence-electron chi connectivity index (χ0n) is 17.5. The van der Waals surface area contributed by atoms with Gasteiger partial charge in [0.1, 0.15) is 0 Å². The second kappa shape index (κ2) is 6.22.